The van der Waals surface area contributed by atoms with Gasteiger partial charge in [0.15, 0.2) is 0 Å². The van der Waals surface area contributed by atoms with Crippen molar-refractivity contribution in [1.82, 2.24) is 10.3 Å². The highest BCUT2D eigenvalue weighted by Crippen LogP contribution is 2.26. The van der Waals surface area contributed by atoms with Crippen LogP contribution in [-0.4, -0.2) is 41.1 Å². The minimum atomic E-state index is -0.154. The van der Waals surface area contributed by atoms with E-state index in [1.807, 2.05) is 6.92 Å². The summed E-state index contributed by atoms with van der Waals surface area (Å²) < 4.78 is 0. The van der Waals surface area contributed by atoms with Crippen LogP contribution in [0.15, 0.2) is 0 Å². The third-order valence-corrected chi connectivity index (χ3v) is 3.32. The fourth-order valence-corrected chi connectivity index (χ4v) is 2.31. The van der Waals surface area contributed by atoms with Crippen molar-refractivity contribution in [3.8, 4) is 0 Å². The van der Waals surface area contributed by atoms with E-state index >= 15 is 0 Å². The van der Waals surface area contributed by atoms with Gasteiger partial charge in [-0.15, -0.1) is 0 Å². The maximum absolute atomic E-state index is 11.1. The van der Waals surface area contributed by atoms with E-state index in [2.05, 4.69) is 17.2 Å². The molecule has 3 atom stereocenters. The largest absolute Gasteiger partial charge is 0.395 e. The molecule has 0 saturated carbocycles. The Bertz CT molecular complexity index is 223. The molecular formula is C10H21N3O2. The molecule has 1 aliphatic rings. The number of hydrazine groups is 1. The van der Waals surface area contributed by atoms with Gasteiger partial charge in [0.05, 0.1) is 6.61 Å². The Balaban J connectivity index is 2.51. The van der Waals surface area contributed by atoms with Crippen molar-refractivity contribution in [2.24, 2.45) is 11.8 Å². The molecule has 15 heavy (non-hydrogen) atoms. The maximum atomic E-state index is 11.1. The molecule has 0 bridgehead atoms. The van der Waals surface area contributed by atoms with Crippen LogP contribution in [0.4, 0.5) is 0 Å². The van der Waals surface area contributed by atoms with Gasteiger partial charge in [0.2, 0.25) is 5.91 Å². The minimum Gasteiger partial charge on any atom is -0.395 e. The van der Waals surface area contributed by atoms with E-state index in [0.717, 1.165) is 13.0 Å². The predicted molar refractivity (Wildman–Crippen MR) is 57.8 cm³/mol. The third kappa shape index (κ3) is 2.90. The zero-order chi connectivity index (χ0) is 11.4. The lowest BCUT2D eigenvalue weighted by Crippen LogP contribution is -2.44. The SMILES string of the molecule is CC1CCN(C(C)CC(=O)NN)C1CO. The van der Waals surface area contributed by atoms with E-state index in [0.29, 0.717) is 12.3 Å². The van der Waals surface area contributed by atoms with Crippen molar-refractivity contribution >= 4 is 5.91 Å². The second kappa shape index (κ2) is 5.44. The maximum Gasteiger partial charge on any atom is 0.235 e. The van der Waals surface area contributed by atoms with Gasteiger partial charge in [-0.25, -0.2) is 5.84 Å². The molecule has 1 fully saturated rings. The van der Waals surface area contributed by atoms with Crippen LogP contribution in [0.2, 0.25) is 0 Å². The Morgan fingerprint density at radius 1 is 1.73 bits per heavy atom. The van der Waals surface area contributed by atoms with Crippen LogP contribution in [0.3, 0.4) is 0 Å². The first-order valence-corrected chi connectivity index (χ1v) is 5.46. The Kier molecular flexibility index (Phi) is 4.50. The molecule has 1 amide bonds. The average Bonchev–Trinajstić information content (AvgIpc) is 2.59. The van der Waals surface area contributed by atoms with E-state index in [1.54, 1.807) is 0 Å². The molecule has 88 valence electrons. The number of nitrogens with one attached hydrogen (secondary N) is 1. The van der Waals surface area contributed by atoms with Crippen LogP contribution < -0.4 is 11.3 Å². The van der Waals surface area contributed by atoms with Crippen molar-refractivity contribution in [3.63, 3.8) is 0 Å². The van der Waals surface area contributed by atoms with Crippen molar-refractivity contribution in [3.05, 3.63) is 0 Å². The zero-order valence-corrected chi connectivity index (χ0v) is 9.44. The summed E-state index contributed by atoms with van der Waals surface area (Å²) in [5.41, 5.74) is 2.14. The van der Waals surface area contributed by atoms with Gasteiger partial charge in [0.25, 0.3) is 0 Å². The van der Waals surface area contributed by atoms with Crippen molar-refractivity contribution in [2.75, 3.05) is 13.2 Å². The van der Waals surface area contributed by atoms with Crippen molar-refractivity contribution in [1.29, 1.82) is 0 Å². The van der Waals surface area contributed by atoms with E-state index in [9.17, 15) is 9.90 Å². The number of hydrogen-bond donors (Lipinski definition) is 3. The Morgan fingerprint density at radius 3 is 2.93 bits per heavy atom. The van der Waals surface area contributed by atoms with Crippen LogP contribution in [0, 0.1) is 5.92 Å². The first kappa shape index (κ1) is 12.4. The van der Waals surface area contributed by atoms with Gasteiger partial charge in [0.1, 0.15) is 0 Å². The van der Waals surface area contributed by atoms with Gasteiger partial charge in [-0.1, -0.05) is 6.92 Å². The normalized spacial score (nSPS) is 29.1. The highest BCUT2D eigenvalue weighted by Gasteiger charge is 2.33. The van der Waals surface area contributed by atoms with Crippen LogP contribution in [0.1, 0.15) is 26.7 Å². The molecule has 0 spiro atoms. The van der Waals surface area contributed by atoms with E-state index in [1.165, 1.54) is 0 Å². The van der Waals surface area contributed by atoms with Gasteiger partial charge in [0, 0.05) is 18.5 Å². The van der Waals surface area contributed by atoms with Crippen molar-refractivity contribution in [2.45, 2.75) is 38.8 Å². The number of carbonyl (C=O) groups is 1. The second-order valence-electron chi connectivity index (χ2n) is 4.37. The molecule has 5 nitrogen and oxygen atoms in total. The van der Waals surface area contributed by atoms with Crippen molar-refractivity contribution < 1.29 is 9.90 Å². The monoisotopic (exact) mass is 215 g/mol. The predicted octanol–water partition coefficient (Wildman–Crippen LogP) is -0.542. The van der Waals surface area contributed by atoms with Gasteiger partial charge < -0.3 is 5.11 Å². The molecule has 0 aromatic carbocycles. The third-order valence-electron chi connectivity index (χ3n) is 3.32. The highest BCUT2D eigenvalue weighted by atomic mass is 16.3. The number of rotatable bonds is 4. The zero-order valence-electron chi connectivity index (χ0n) is 9.44. The lowest BCUT2D eigenvalue weighted by atomic mass is 10.0. The summed E-state index contributed by atoms with van der Waals surface area (Å²) >= 11 is 0. The van der Waals surface area contributed by atoms with Gasteiger partial charge in [-0.05, 0) is 25.8 Å². The fourth-order valence-electron chi connectivity index (χ4n) is 2.31. The smallest absolute Gasteiger partial charge is 0.235 e. The molecule has 5 heteroatoms. The topological polar surface area (TPSA) is 78.6 Å². The van der Waals surface area contributed by atoms with E-state index in [4.69, 9.17) is 5.84 Å². The number of aliphatic hydroxyl groups is 1. The molecule has 1 heterocycles. The number of likely N-dealkylation sites (tertiary alicyclic amines) is 1. The van der Waals surface area contributed by atoms with Crippen LogP contribution in [-0.2, 0) is 4.79 Å². The molecule has 0 radical (unpaired) electrons. The number of amides is 1. The molecule has 0 aliphatic carbocycles. The van der Waals surface area contributed by atoms with Crippen LogP contribution in [0.5, 0.6) is 0 Å². The summed E-state index contributed by atoms with van der Waals surface area (Å²) in [6.45, 7) is 5.24. The quantitative estimate of drug-likeness (QED) is 0.334. The molecule has 0 aromatic heterocycles. The summed E-state index contributed by atoms with van der Waals surface area (Å²) in [6.07, 6.45) is 1.47. The fraction of sp³-hybridized carbons (Fsp3) is 0.900. The van der Waals surface area contributed by atoms with Gasteiger partial charge in [-0.2, -0.15) is 0 Å². The Labute approximate surface area is 90.6 Å². The summed E-state index contributed by atoms with van der Waals surface area (Å²) in [4.78, 5) is 13.3. The highest BCUT2D eigenvalue weighted by molar-refractivity contribution is 5.75. The van der Waals surface area contributed by atoms with Crippen LogP contribution >= 0.6 is 0 Å². The van der Waals surface area contributed by atoms with E-state index in [-0.39, 0.29) is 24.6 Å². The number of nitrogens with two attached hydrogens (primary N) is 1. The Morgan fingerprint density at radius 2 is 2.40 bits per heavy atom. The molecular weight excluding hydrogens is 194 g/mol. The second-order valence-corrected chi connectivity index (χ2v) is 4.37. The summed E-state index contributed by atoms with van der Waals surface area (Å²) in [6, 6.07) is 0.321. The van der Waals surface area contributed by atoms with Gasteiger partial charge in [-0.3, -0.25) is 15.1 Å². The number of nitrogens with zero attached hydrogens (tertiary/aromatic N) is 1. The molecule has 1 saturated heterocycles. The molecule has 1 aliphatic heterocycles. The number of carbonyl (C=O) groups excluding carboxylic acids is 1. The lowest BCUT2D eigenvalue weighted by Gasteiger charge is -2.30. The molecule has 4 N–H and O–H groups in total. The number of aliphatic hydroxyl groups excluding tert-OH is 1. The summed E-state index contributed by atoms with van der Waals surface area (Å²) in [5, 5.41) is 9.28. The first-order valence-electron chi connectivity index (χ1n) is 5.46. The summed E-state index contributed by atoms with van der Waals surface area (Å²) in [5.74, 6) is 5.39. The minimum absolute atomic E-state index is 0.135. The van der Waals surface area contributed by atoms with Crippen LogP contribution in [0.25, 0.3) is 0 Å². The summed E-state index contributed by atoms with van der Waals surface area (Å²) in [7, 11) is 0. The molecule has 1 rings (SSSR count). The molecule has 3 unspecified atom stereocenters. The standard InChI is InChI=1S/C10H21N3O2/c1-7-3-4-13(9(7)6-14)8(2)5-10(15)12-11/h7-9,14H,3-6,11H2,1-2H3,(H,12,15). The lowest BCUT2D eigenvalue weighted by molar-refractivity contribution is -0.122. The van der Waals surface area contributed by atoms with Gasteiger partial charge >= 0.3 is 0 Å². The number of hydrogen-bond acceptors (Lipinski definition) is 4. The van der Waals surface area contributed by atoms with E-state index < -0.39 is 0 Å². The Hall–Kier alpha value is -0.650. The molecule has 0 aromatic rings. The average molecular weight is 215 g/mol. The first-order chi connectivity index (χ1) is 7.10.